The topological polar surface area (TPSA) is 110 Å². The summed E-state index contributed by atoms with van der Waals surface area (Å²) in [6, 6.07) is 5.72. The molecule has 0 spiro atoms. The number of halogens is 9. The van der Waals surface area contributed by atoms with Crippen molar-refractivity contribution in [1.29, 1.82) is 0 Å². The van der Waals surface area contributed by atoms with Gasteiger partial charge >= 0.3 is 18.5 Å². The fraction of sp³-hybridized carbons (Fsp3) is 0.130. The maximum Gasteiger partial charge on any atom is 0.417 e. The zero-order chi connectivity index (χ0) is 28.6. The van der Waals surface area contributed by atoms with Crippen LogP contribution >= 0.6 is 0 Å². The van der Waals surface area contributed by atoms with Crippen LogP contribution in [0.15, 0.2) is 54.6 Å². The number of alkyl halides is 9. The van der Waals surface area contributed by atoms with Crippen LogP contribution in [0.1, 0.15) is 37.4 Å². The van der Waals surface area contributed by atoms with E-state index < -0.39 is 69.5 Å². The number of carbonyl (C=O) groups is 2. The first-order valence-electron chi connectivity index (χ1n) is 10.1. The van der Waals surface area contributed by atoms with Crippen molar-refractivity contribution in [3.8, 4) is 0 Å². The third-order valence-electron chi connectivity index (χ3n) is 4.96. The van der Waals surface area contributed by atoms with Gasteiger partial charge in [-0.3, -0.25) is 9.59 Å². The largest absolute Gasteiger partial charge is 0.417 e. The summed E-state index contributed by atoms with van der Waals surface area (Å²) in [6.07, 6.45) is -15.1. The lowest BCUT2D eigenvalue weighted by Gasteiger charge is -2.17. The fourth-order valence-electron chi connectivity index (χ4n) is 3.32. The van der Waals surface area contributed by atoms with E-state index in [9.17, 15) is 49.1 Å². The quantitative estimate of drug-likeness (QED) is 0.222. The van der Waals surface area contributed by atoms with E-state index in [-0.39, 0.29) is 11.4 Å². The molecular weight excluding hydrogens is 535 g/mol. The molecule has 3 rings (SSSR count). The minimum absolute atomic E-state index is 0.334. The molecule has 0 unspecified atom stereocenters. The van der Waals surface area contributed by atoms with Crippen LogP contribution in [0.4, 0.5) is 62.3 Å². The van der Waals surface area contributed by atoms with E-state index in [2.05, 4.69) is 0 Å². The molecule has 3 aromatic carbocycles. The summed E-state index contributed by atoms with van der Waals surface area (Å²) >= 11 is 0. The van der Waals surface area contributed by atoms with Gasteiger partial charge in [-0.15, -0.1) is 0 Å². The Labute approximate surface area is 207 Å². The predicted octanol–water partition coefficient (Wildman–Crippen LogP) is 6.41. The van der Waals surface area contributed by atoms with Gasteiger partial charge in [0.25, 0.3) is 11.8 Å². The Bertz CT molecular complexity index is 1300. The summed E-state index contributed by atoms with van der Waals surface area (Å²) in [6.45, 7) is 0. The molecule has 15 heteroatoms. The lowest BCUT2D eigenvalue weighted by atomic mass is 10.0. The van der Waals surface area contributed by atoms with E-state index in [0.29, 0.717) is 36.4 Å². The summed E-state index contributed by atoms with van der Waals surface area (Å²) < 4.78 is 120. The average Bonchev–Trinajstić information content (AvgIpc) is 2.77. The summed E-state index contributed by atoms with van der Waals surface area (Å²) in [4.78, 5) is 25.1. The molecule has 202 valence electrons. The number of carbonyl (C=O) groups excluding carboxylic acids is 2. The van der Waals surface area contributed by atoms with Gasteiger partial charge in [0.1, 0.15) is 0 Å². The molecule has 6 nitrogen and oxygen atoms in total. The Morgan fingerprint density at radius 3 is 1.24 bits per heavy atom. The van der Waals surface area contributed by atoms with Gasteiger partial charge in [-0.2, -0.15) is 39.5 Å². The third-order valence-corrected chi connectivity index (χ3v) is 4.96. The second-order valence-electron chi connectivity index (χ2n) is 7.81. The first-order valence-corrected chi connectivity index (χ1v) is 10.1. The fourth-order valence-corrected chi connectivity index (χ4v) is 3.32. The zero-order valence-corrected chi connectivity index (χ0v) is 18.6. The predicted molar refractivity (Wildman–Crippen MR) is 119 cm³/mol. The molecule has 0 aliphatic rings. The van der Waals surface area contributed by atoms with E-state index in [1.165, 1.54) is 0 Å². The highest BCUT2D eigenvalue weighted by Crippen LogP contribution is 2.37. The highest BCUT2D eigenvalue weighted by molar-refractivity contribution is 6.08. The molecule has 6 N–H and O–H groups in total. The van der Waals surface area contributed by atoms with Gasteiger partial charge in [0.05, 0.1) is 27.8 Å². The van der Waals surface area contributed by atoms with Crippen LogP contribution < -0.4 is 22.1 Å². The number of anilines is 4. The van der Waals surface area contributed by atoms with Crippen molar-refractivity contribution in [1.82, 2.24) is 0 Å². The van der Waals surface area contributed by atoms with Gasteiger partial charge in [-0.25, -0.2) is 0 Å². The molecule has 0 atom stereocenters. The first-order chi connectivity index (χ1) is 17.4. The maximum atomic E-state index is 13.4. The monoisotopic (exact) mass is 550 g/mol. The van der Waals surface area contributed by atoms with E-state index >= 15 is 0 Å². The first kappa shape index (κ1) is 28.1. The molecule has 0 fully saturated rings. The van der Waals surface area contributed by atoms with Gasteiger partial charge in [0, 0.05) is 22.7 Å². The average molecular weight is 550 g/mol. The summed E-state index contributed by atoms with van der Waals surface area (Å²) in [7, 11) is 0. The summed E-state index contributed by atoms with van der Waals surface area (Å²) in [5.41, 5.74) is 2.25. The normalized spacial score (nSPS) is 12.2. The summed E-state index contributed by atoms with van der Waals surface area (Å²) in [5, 5.41) is 3.74. The minimum atomic E-state index is -5.07. The smallest absolute Gasteiger partial charge is 0.399 e. The lowest BCUT2D eigenvalue weighted by Crippen LogP contribution is -2.21. The third kappa shape index (κ3) is 6.46. The second kappa shape index (κ2) is 9.79. The van der Waals surface area contributed by atoms with Crippen LogP contribution in [0.3, 0.4) is 0 Å². The number of amides is 2. The Balaban J connectivity index is 2.01. The van der Waals surface area contributed by atoms with Crippen LogP contribution in [0, 0.1) is 0 Å². The molecule has 0 aliphatic carbocycles. The van der Waals surface area contributed by atoms with Gasteiger partial charge in [0.15, 0.2) is 0 Å². The number of nitrogens with two attached hydrogens (primary N) is 2. The van der Waals surface area contributed by atoms with Crippen molar-refractivity contribution in [3.05, 3.63) is 82.4 Å². The van der Waals surface area contributed by atoms with Crippen LogP contribution in [0.2, 0.25) is 0 Å². The Hall–Kier alpha value is -4.43. The number of rotatable bonds is 4. The van der Waals surface area contributed by atoms with E-state index in [1.807, 2.05) is 10.6 Å². The van der Waals surface area contributed by atoms with E-state index in [0.717, 1.165) is 18.2 Å². The molecule has 0 saturated carbocycles. The number of nitrogen functional groups attached to an aromatic ring is 2. The molecule has 0 saturated heterocycles. The minimum Gasteiger partial charge on any atom is -0.399 e. The van der Waals surface area contributed by atoms with Crippen LogP contribution in [-0.2, 0) is 18.5 Å². The van der Waals surface area contributed by atoms with Gasteiger partial charge in [-0.1, -0.05) is 0 Å². The second-order valence-corrected chi connectivity index (χ2v) is 7.81. The molecule has 0 bridgehead atoms. The van der Waals surface area contributed by atoms with Gasteiger partial charge in [0.2, 0.25) is 0 Å². The standard InChI is InChI=1S/C23H15F9N4O2/c24-21(25,26)10-5-13(35-19(37)15-3-1-11(33)7-17(15)22(27,28)29)9-14(6-10)36-20(38)16-4-2-12(34)8-18(16)23(30,31)32/h1-9H,33-34H2,(H,35,37)(H,36,38). The van der Waals surface area contributed by atoms with Crippen molar-refractivity contribution >= 4 is 34.6 Å². The van der Waals surface area contributed by atoms with Crippen molar-refractivity contribution in [2.24, 2.45) is 0 Å². The zero-order valence-electron chi connectivity index (χ0n) is 18.6. The molecule has 0 radical (unpaired) electrons. The molecule has 38 heavy (non-hydrogen) atoms. The van der Waals surface area contributed by atoms with Gasteiger partial charge in [-0.05, 0) is 54.6 Å². The van der Waals surface area contributed by atoms with Crippen molar-refractivity contribution < 1.29 is 49.1 Å². The number of nitrogens with one attached hydrogen (secondary N) is 2. The summed E-state index contributed by atoms with van der Waals surface area (Å²) in [5.74, 6) is -2.93. The molecule has 0 aliphatic heterocycles. The van der Waals surface area contributed by atoms with Crippen LogP contribution in [0.5, 0.6) is 0 Å². The Kier molecular flexibility index (Phi) is 7.25. The van der Waals surface area contributed by atoms with Crippen molar-refractivity contribution in [2.45, 2.75) is 18.5 Å². The Morgan fingerprint density at radius 2 is 0.921 bits per heavy atom. The van der Waals surface area contributed by atoms with Crippen LogP contribution in [0.25, 0.3) is 0 Å². The van der Waals surface area contributed by atoms with Crippen molar-refractivity contribution in [3.63, 3.8) is 0 Å². The molecule has 0 aromatic heterocycles. The Morgan fingerprint density at radius 1 is 0.553 bits per heavy atom. The lowest BCUT2D eigenvalue weighted by molar-refractivity contribution is -0.138. The van der Waals surface area contributed by atoms with E-state index in [1.54, 1.807) is 0 Å². The number of hydrogen-bond donors (Lipinski definition) is 4. The highest BCUT2D eigenvalue weighted by Gasteiger charge is 2.37. The molecule has 2 amide bonds. The maximum absolute atomic E-state index is 13.4. The number of benzene rings is 3. The SMILES string of the molecule is Nc1ccc(C(=O)Nc2cc(NC(=O)c3ccc(N)cc3C(F)(F)F)cc(C(F)(F)F)c2)c(C(F)(F)F)c1. The molecule has 0 heterocycles. The highest BCUT2D eigenvalue weighted by atomic mass is 19.4. The van der Waals surface area contributed by atoms with E-state index in [4.69, 9.17) is 11.5 Å². The number of hydrogen-bond acceptors (Lipinski definition) is 4. The molecular formula is C23H15F9N4O2. The van der Waals surface area contributed by atoms with Crippen LogP contribution in [-0.4, -0.2) is 11.8 Å². The molecule has 3 aromatic rings. The van der Waals surface area contributed by atoms with Gasteiger partial charge < -0.3 is 22.1 Å². The van der Waals surface area contributed by atoms with Crippen molar-refractivity contribution in [2.75, 3.05) is 22.1 Å².